The third kappa shape index (κ3) is 3.42. The van der Waals surface area contributed by atoms with Crippen molar-refractivity contribution in [3.63, 3.8) is 0 Å². The maximum absolute atomic E-state index is 13.2. The van der Waals surface area contributed by atoms with Gasteiger partial charge >= 0.3 is 0 Å². The molecule has 144 valence electrons. The van der Waals surface area contributed by atoms with E-state index >= 15 is 0 Å². The molecule has 1 aliphatic rings. The summed E-state index contributed by atoms with van der Waals surface area (Å²) in [5, 5.41) is 4.14. The first kappa shape index (κ1) is 18.3. The predicted molar refractivity (Wildman–Crippen MR) is 103 cm³/mol. The number of aromatic nitrogens is 2. The summed E-state index contributed by atoms with van der Waals surface area (Å²) in [4.78, 5) is 18.9. The molecule has 2 heterocycles. The summed E-state index contributed by atoms with van der Waals surface area (Å²) in [7, 11) is 0. The molecular weight excluding hydrogens is 357 g/mol. The third-order valence-corrected chi connectivity index (χ3v) is 5.40. The molecule has 1 aromatic heterocycles. The van der Waals surface area contributed by atoms with Crippen LogP contribution < -0.4 is 0 Å². The zero-order chi connectivity index (χ0) is 19.8. The first-order valence-electron chi connectivity index (χ1n) is 9.38. The molecule has 0 radical (unpaired) electrons. The van der Waals surface area contributed by atoms with E-state index in [1.54, 1.807) is 17.0 Å². The number of likely N-dealkylation sites (tertiary alicyclic amines) is 1. The Kier molecular flexibility index (Phi) is 4.71. The van der Waals surface area contributed by atoms with Crippen molar-refractivity contribution < 1.29 is 13.7 Å². The van der Waals surface area contributed by atoms with Gasteiger partial charge in [-0.3, -0.25) is 4.79 Å². The average molecular weight is 379 g/mol. The largest absolute Gasteiger partial charge is 0.339 e. The molecule has 0 N–H and O–H groups in total. The van der Waals surface area contributed by atoms with Gasteiger partial charge in [0.05, 0.1) is 12.0 Å². The van der Waals surface area contributed by atoms with Crippen molar-refractivity contribution in [3.05, 3.63) is 70.9 Å². The number of hydrogen-bond donors (Lipinski definition) is 0. The lowest BCUT2D eigenvalue weighted by Gasteiger charge is -2.25. The number of carbonyl (C=O) groups excluding carboxylic acids is 1. The summed E-state index contributed by atoms with van der Waals surface area (Å²) in [6.07, 6.45) is 0.333. The van der Waals surface area contributed by atoms with Gasteiger partial charge < -0.3 is 9.42 Å². The van der Waals surface area contributed by atoms with Crippen LogP contribution in [0.3, 0.4) is 0 Å². The van der Waals surface area contributed by atoms with Gasteiger partial charge in [-0.2, -0.15) is 4.98 Å². The third-order valence-electron chi connectivity index (χ3n) is 5.40. The highest BCUT2D eigenvalue weighted by Crippen LogP contribution is 2.34. The minimum Gasteiger partial charge on any atom is -0.339 e. The average Bonchev–Trinajstić information content (AvgIpc) is 3.30. The second kappa shape index (κ2) is 7.19. The summed E-state index contributed by atoms with van der Waals surface area (Å²) < 4.78 is 18.7. The molecule has 0 bridgehead atoms. The highest BCUT2D eigenvalue weighted by atomic mass is 19.1. The molecule has 2 atom stereocenters. The molecule has 0 aliphatic carbocycles. The Bertz CT molecular complexity index is 1010. The normalized spacial score (nSPS) is 17.9. The molecule has 0 spiro atoms. The second-order valence-corrected chi connectivity index (χ2v) is 7.45. The maximum atomic E-state index is 13.2. The topological polar surface area (TPSA) is 59.2 Å². The zero-order valence-corrected chi connectivity index (χ0v) is 16.1. The van der Waals surface area contributed by atoms with Gasteiger partial charge in [0.1, 0.15) is 5.82 Å². The van der Waals surface area contributed by atoms with E-state index in [1.165, 1.54) is 12.1 Å². The Morgan fingerprint density at radius 3 is 2.68 bits per heavy atom. The fraction of sp³-hybridized carbons (Fsp3) is 0.318. The van der Waals surface area contributed by atoms with Crippen molar-refractivity contribution in [2.45, 2.75) is 39.2 Å². The van der Waals surface area contributed by atoms with Gasteiger partial charge in [0.15, 0.2) is 0 Å². The number of amides is 1. The van der Waals surface area contributed by atoms with Gasteiger partial charge in [-0.15, -0.1) is 0 Å². The van der Waals surface area contributed by atoms with Crippen LogP contribution in [-0.2, 0) is 4.79 Å². The van der Waals surface area contributed by atoms with Crippen LogP contribution in [0.15, 0.2) is 47.0 Å². The lowest BCUT2D eigenvalue weighted by Crippen LogP contribution is -2.28. The highest BCUT2D eigenvalue weighted by Gasteiger charge is 2.37. The van der Waals surface area contributed by atoms with Crippen LogP contribution in [0.1, 0.15) is 47.9 Å². The van der Waals surface area contributed by atoms with Gasteiger partial charge in [0, 0.05) is 18.5 Å². The predicted octanol–water partition coefficient (Wildman–Crippen LogP) is 4.57. The molecule has 28 heavy (non-hydrogen) atoms. The number of hydrogen-bond acceptors (Lipinski definition) is 4. The summed E-state index contributed by atoms with van der Waals surface area (Å²) in [6, 6.07) is 12.2. The molecule has 1 aliphatic heterocycles. The number of aryl methyl sites for hydroxylation is 2. The van der Waals surface area contributed by atoms with Crippen molar-refractivity contribution >= 4 is 5.91 Å². The maximum Gasteiger partial charge on any atom is 0.232 e. The minimum atomic E-state index is -0.286. The Morgan fingerprint density at radius 2 is 1.93 bits per heavy atom. The number of nitrogens with zero attached hydrogens (tertiary/aromatic N) is 3. The molecule has 2 unspecified atom stereocenters. The lowest BCUT2D eigenvalue weighted by molar-refractivity contribution is -0.129. The SMILES string of the molecule is Cc1ccc(C)c(-c2noc(C3CC(=O)N(C(C)c4ccc(F)cc4)C3)n2)c1. The van der Waals surface area contributed by atoms with E-state index < -0.39 is 0 Å². The van der Waals surface area contributed by atoms with Crippen molar-refractivity contribution in [3.8, 4) is 11.4 Å². The molecule has 1 saturated heterocycles. The van der Waals surface area contributed by atoms with Gasteiger partial charge in [0.25, 0.3) is 0 Å². The number of carbonyl (C=O) groups is 1. The minimum absolute atomic E-state index is 0.0355. The Labute approximate surface area is 163 Å². The number of halogens is 1. The van der Waals surface area contributed by atoms with Crippen LogP contribution in [0.2, 0.25) is 0 Å². The molecule has 3 aromatic rings. The molecule has 4 rings (SSSR count). The highest BCUT2D eigenvalue weighted by molar-refractivity contribution is 5.80. The van der Waals surface area contributed by atoms with Crippen LogP contribution in [-0.4, -0.2) is 27.5 Å². The van der Waals surface area contributed by atoms with E-state index in [0.29, 0.717) is 24.7 Å². The number of benzene rings is 2. The first-order valence-corrected chi connectivity index (χ1v) is 9.38. The Morgan fingerprint density at radius 1 is 1.18 bits per heavy atom. The van der Waals surface area contributed by atoms with Gasteiger partial charge in [-0.25, -0.2) is 4.39 Å². The zero-order valence-electron chi connectivity index (χ0n) is 16.1. The summed E-state index contributed by atoms with van der Waals surface area (Å²) >= 11 is 0. The van der Waals surface area contributed by atoms with E-state index in [9.17, 15) is 9.18 Å². The molecule has 1 fully saturated rings. The molecule has 1 amide bonds. The van der Waals surface area contributed by atoms with Gasteiger partial charge in [-0.05, 0) is 50.1 Å². The van der Waals surface area contributed by atoms with E-state index in [0.717, 1.165) is 22.3 Å². The smallest absolute Gasteiger partial charge is 0.232 e. The number of rotatable bonds is 4. The van der Waals surface area contributed by atoms with Gasteiger partial charge in [-0.1, -0.05) is 35.0 Å². The van der Waals surface area contributed by atoms with Crippen LogP contribution in [0.25, 0.3) is 11.4 Å². The summed E-state index contributed by atoms with van der Waals surface area (Å²) in [6.45, 7) is 6.49. The monoisotopic (exact) mass is 379 g/mol. The van der Waals surface area contributed by atoms with Crippen LogP contribution in [0.5, 0.6) is 0 Å². The molecule has 2 aromatic carbocycles. The van der Waals surface area contributed by atoms with Crippen LogP contribution in [0, 0.1) is 19.7 Å². The summed E-state index contributed by atoms with van der Waals surface area (Å²) in [5.74, 6) is 0.647. The molecular formula is C22H22FN3O2. The lowest BCUT2D eigenvalue weighted by atomic mass is 10.1. The van der Waals surface area contributed by atoms with Crippen LogP contribution >= 0.6 is 0 Å². The Hall–Kier alpha value is -3.02. The fourth-order valence-corrected chi connectivity index (χ4v) is 3.68. The molecule has 5 nitrogen and oxygen atoms in total. The van der Waals surface area contributed by atoms with Crippen molar-refractivity contribution in [2.75, 3.05) is 6.54 Å². The second-order valence-electron chi connectivity index (χ2n) is 7.45. The van der Waals surface area contributed by atoms with Gasteiger partial charge in [0.2, 0.25) is 17.6 Å². The van der Waals surface area contributed by atoms with E-state index in [1.807, 2.05) is 39.0 Å². The van der Waals surface area contributed by atoms with E-state index in [-0.39, 0.29) is 23.7 Å². The fourth-order valence-electron chi connectivity index (χ4n) is 3.68. The van der Waals surface area contributed by atoms with E-state index in [2.05, 4.69) is 10.1 Å². The first-order chi connectivity index (χ1) is 13.4. The molecule has 0 saturated carbocycles. The van der Waals surface area contributed by atoms with Crippen molar-refractivity contribution in [1.82, 2.24) is 15.0 Å². The van der Waals surface area contributed by atoms with Crippen molar-refractivity contribution in [2.24, 2.45) is 0 Å². The standard InChI is InChI=1S/C22H22FN3O2/c1-13-4-5-14(2)19(10-13)21-24-22(28-25-21)17-11-20(27)26(12-17)15(3)16-6-8-18(23)9-7-16/h4-10,15,17H,11-12H2,1-3H3. The Balaban J connectivity index is 1.54. The quantitative estimate of drug-likeness (QED) is 0.666. The van der Waals surface area contributed by atoms with Crippen molar-refractivity contribution in [1.29, 1.82) is 0 Å². The molecule has 6 heteroatoms. The van der Waals surface area contributed by atoms with Crippen LogP contribution in [0.4, 0.5) is 4.39 Å². The van der Waals surface area contributed by atoms with E-state index in [4.69, 9.17) is 4.52 Å². The summed E-state index contributed by atoms with van der Waals surface area (Å²) in [5.41, 5.74) is 4.04.